The Bertz CT molecular complexity index is 423. The molecule has 4 heteroatoms. The molecule has 17 heavy (non-hydrogen) atoms. The summed E-state index contributed by atoms with van der Waals surface area (Å²) in [5.41, 5.74) is 6.18. The topological polar surface area (TPSA) is 43.1 Å². The SMILES string of the molecule is NC(c1cc(F)ccc1F)C1CCC(=O)CC1. The van der Waals surface area contributed by atoms with Gasteiger partial charge in [-0.1, -0.05) is 0 Å². The Morgan fingerprint density at radius 3 is 2.53 bits per heavy atom. The van der Waals surface area contributed by atoms with E-state index in [1.807, 2.05) is 0 Å². The standard InChI is InChI=1S/C13H15F2NO/c14-9-3-6-12(15)11(7-9)13(16)8-1-4-10(17)5-2-8/h3,6-8,13H,1-2,4-5,16H2. The van der Waals surface area contributed by atoms with E-state index < -0.39 is 17.7 Å². The van der Waals surface area contributed by atoms with Crippen LogP contribution < -0.4 is 5.73 Å². The normalized spacial score (nSPS) is 19.4. The van der Waals surface area contributed by atoms with E-state index >= 15 is 0 Å². The Kier molecular flexibility index (Phi) is 3.52. The number of rotatable bonds is 2. The molecule has 0 saturated heterocycles. The Hall–Kier alpha value is -1.29. The molecule has 0 aromatic heterocycles. The maximum absolute atomic E-state index is 13.5. The van der Waals surface area contributed by atoms with Gasteiger partial charge in [0.1, 0.15) is 17.4 Å². The lowest BCUT2D eigenvalue weighted by molar-refractivity contribution is -0.121. The summed E-state index contributed by atoms with van der Waals surface area (Å²) in [6.07, 6.45) is 2.32. The summed E-state index contributed by atoms with van der Waals surface area (Å²) in [5, 5.41) is 0. The third-order valence-electron chi connectivity index (χ3n) is 3.41. The molecule has 2 nitrogen and oxygen atoms in total. The van der Waals surface area contributed by atoms with Crippen molar-refractivity contribution in [1.82, 2.24) is 0 Å². The molecule has 1 atom stereocenters. The second-order valence-electron chi connectivity index (χ2n) is 4.57. The van der Waals surface area contributed by atoms with Gasteiger partial charge in [0, 0.05) is 24.4 Å². The number of ketones is 1. The van der Waals surface area contributed by atoms with Crippen LogP contribution in [0.4, 0.5) is 8.78 Å². The van der Waals surface area contributed by atoms with Crippen molar-refractivity contribution in [3.05, 3.63) is 35.4 Å². The smallest absolute Gasteiger partial charge is 0.132 e. The van der Waals surface area contributed by atoms with Crippen molar-refractivity contribution in [2.75, 3.05) is 0 Å². The minimum atomic E-state index is -0.529. The molecule has 1 aliphatic rings. The van der Waals surface area contributed by atoms with Crippen molar-refractivity contribution in [2.24, 2.45) is 11.7 Å². The van der Waals surface area contributed by atoms with Gasteiger partial charge in [0.15, 0.2) is 0 Å². The lowest BCUT2D eigenvalue weighted by Crippen LogP contribution is -2.27. The molecule has 0 bridgehead atoms. The zero-order chi connectivity index (χ0) is 12.4. The van der Waals surface area contributed by atoms with Gasteiger partial charge in [-0.05, 0) is 37.0 Å². The number of carbonyl (C=O) groups excluding carboxylic acids is 1. The highest BCUT2D eigenvalue weighted by Gasteiger charge is 2.26. The van der Waals surface area contributed by atoms with Crippen LogP contribution >= 0.6 is 0 Å². The fourth-order valence-corrected chi connectivity index (χ4v) is 2.35. The Morgan fingerprint density at radius 2 is 1.88 bits per heavy atom. The maximum atomic E-state index is 13.5. The number of carbonyl (C=O) groups is 1. The van der Waals surface area contributed by atoms with E-state index in [9.17, 15) is 13.6 Å². The molecule has 0 radical (unpaired) electrons. The van der Waals surface area contributed by atoms with Gasteiger partial charge in [-0.2, -0.15) is 0 Å². The van der Waals surface area contributed by atoms with Gasteiger partial charge in [-0.25, -0.2) is 8.78 Å². The van der Waals surface area contributed by atoms with Crippen LogP contribution in [0.3, 0.4) is 0 Å². The van der Waals surface area contributed by atoms with Gasteiger partial charge in [-0.15, -0.1) is 0 Å². The van der Waals surface area contributed by atoms with Crippen molar-refractivity contribution in [2.45, 2.75) is 31.7 Å². The van der Waals surface area contributed by atoms with E-state index in [2.05, 4.69) is 0 Å². The predicted molar refractivity (Wildman–Crippen MR) is 60.3 cm³/mol. The zero-order valence-electron chi connectivity index (χ0n) is 9.46. The van der Waals surface area contributed by atoms with E-state index in [0.717, 1.165) is 18.2 Å². The second kappa shape index (κ2) is 4.92. The van der Waals surface area contributed by atoms with Gasteiger partial charge < -0.3 is 5.73 Å². The van der Waals surface area contributed by atoms with Crippen molar-refractivity contribution in [1.29, 1.82) is 0 Å². The molecule has 0 spiro atoms. The van der Waals surface area contributed by atoms with Crippen molar-refractivity contribution >= 4 is 5.78 Å². The summed E-state index contributed by atoms with van der Waals surface area (Å²) >= 11 is 0. The molecule has 0 heterocycles. The lowest BCUT2D eigenvalue weighted by atomic mass is 9.81. The fourth-order valence-electron chi connectivity index (χ4n) is 2.35. The fraction of sp³-hybridized carbons (Fsp3) is 0.462. The average Bonchev–Trinajstić information content (AvgIpc) is 2.32. The number of nitrogens with two attached hydrogens (primary N) is 1. The molecule has 0 aliphatic heterocycles. The highest BCUT2D eigenvalue weighted by atomic mass is 19.1. The summed E-state index contributed by atoms with van der Waals surface area (Å²) in [6, 6.07) is 2.80. The van der Waals surface area contributed by atoms with Gasteiger partial charge >= 0.3 is 0 Å². The van der Waals surface area contributed by atoms with Crippen LogP contribution in [0.2, 0.25) is 0 Å². The first-order chi connectivity index (χ1) is 8.08. The lowest BCUT2D eigenvalue weighted by Gasteiger charge is -2.27. The minimum absolute atomic E-state index is 0.0593. The predicted octanol–water partition coefficient (Wildman–Crippen LogP) is 2.72. The molecule has 1 unspecified atom stereocenters. The number of halogens is 2. The molecule has 1 saturated carbocycles. The number of Topliss-reactive ketones (excluding diaryl/α,β-unsaturated/α-hetero) is 1. The first-order valence-corrected chi connectivity index (χ1v) is 5.80. The molecule has 1 aromatic carbocycles. The minimum Gasteiger partial charge on any atom is -0.324 e. The molecular weight excluding hydrogens is 224 g/mol. The van der Waals surface area contributed by atoms with Crippen LogP contribution in [0, 0.1) is 17.6 Å². The summed E-state index contributed by atoms with van der Waals surface area (Å²) in [4.78, 5) is 11.1. The molecule has 2 N–H and O–H groups in total. The molecule has 1 aliphatic carbocycles. The molecular formula is C13H15F2NO. The van der Waals surface area contributed by atoms with E-state index in [4.69, 9.17) is 5.73 Å². The van der Waals surface area contributed by atoms with E-state index in [1.165, 1.54) is 0 Å². The Morgan fingerprint density at radius 1 is 1.24 bits per heavy atom. The summed E-state index contributed by atoms with van der Waals surface area (Å²) in [5.74, 6) is -0.670. The number of hydrogen-bond acceptors (Lipinski definition) is 2. The first kappa shape index (κ1) is 12.2. The van der Waals surface area contributed by atoms with Gasteiger partial charge in [0.05, 0.1) is 0 Å². The van der Waals surface area contributed by atoms with E-state index in [-0.39, 0.29) is 17.3 Å². The van der Waals surface area contributed by atoms with Crippen molar-refractivity contribution < 1.29 is 13.6 Å². The largest absolute Gasteiger partial charge is 0.324 e. The molecule has 2 rings (SSSR count). The van der Waals surface area contributed by atoms with Crippen molar-refractivity contribution in [3.8, 4) is 0 Å². The zero-order valence-corrected chi connectivity index (χ0v) is 9.46. The van der Waals surface area contributed by atoms with Crippen LogP contribution in [0.25, 0.3) is 0 Å². The van der Waals surface area contributed by atoms with Gasteiger partial charge in [0.25, 0.3) is 0 Å². The Balaban J connectivity index is 2.16. The maximum Gasteiger partial charge on any atom is 0.132 e. The summed E-state index contributed by atoms with van der Waals surface area (Å²) in [7, 11) is 0. The van der Waals surface area contributed by atoms with Crippen LogP contribution in [-0.2, 0) is 4.79 Å². The quantitative estimate of drug-likeness (QED) is 0.862. The summed E-state index contributed by atoms with van der Waals surface area (Å²) < 4.78 is 26.6. The molecule has 0 amide bonds. The van der Waals surface area contributed by atoms with E-state index in [0.29, 0.717) is 25.7 Å². The average molecular weight is 239 g/mol. The highest BCUT2D eigenvalue weighted by molar-refractivity contribution is 5.79. The molecule has 92 valence electrons. The highest BCUT2D eigenvalue weighted by Crippen LogP contribution is 2.32. The monoisotopic (exact) mass is 239 g/mol. The summed E-state index contributed by atoms with van der Waals surface area (Å²) in [6.45, 7) is 0. The van der Waals surface area contributed by atoms with Crippen LogP contribution in [-0.4, -0.2) is 5.78 Å². The van der Waals surface area contributed by atoms with Crippen LogP contribution in [0.5, 0.6) is 0 Å². The van der Waals surface area contributed by atoms with E-state index in [1.54, 1.807) is 0 Å². The second-order valence-corrected chi connectivity index (χ2v) is 4.57. The third kappa shape index (κ3) is 2.69. The Labute approximate surface area is 98.8 Å². The van der Waals surface area contributed by atoms with Crippen LogP contribution in [0.15, 0.2) is 18.2 Å². The molecule has 1 fully saturated rings. The van der Waals surface area contributed by atoms with Crippen LogP contribution in [0.1, 0.15) is 37.3 Å². The van der Waals surface area contributed by atoms with Gasteiger partial charge in [0.2, 0.25) is 0 Å². The third-order valence-corrected chi connectivity index (χ3v) is 3.41. The number of benzene rings is 1. The van der Waals surface area contributed by atoms with Crippen molar-refractivity contribution in [3.63, 3.8) is 0 Å². The first-order valence-electron chi connectivity index (χ1n) is 5.80. The van der Waals surface area contributed by atoms with Gasteiger partial charge in [-0.3, -0.25) is 4.79 Å². The molecule has 1 aromatic rings. The number of hydrogen-bond donors (Lipinski definition) is 1.